The fraction of sp³-hybridized carbons (Fsp3) is 0.474. The fourth-order valence-electron chi connectivity index (χ4n) is 3.75. The van der Waals surface area contributed by atoms with Gasteiger partial charge in [-0.1, -0.05) is 12.1 Å². The summed E-state index contributed by atoms with van der Waals surface area (Å²) in [7, 11) is 0. The van der Waals surface area contributed by atoms with Crippen molar-refractivity contribution in [1.29, 1.82) is 0 Å². The zero-order valence-electron chi connectivity index (χ0n) is 13.8. The van der Waals surface area contributed by atoms with Crippen molar-refractivity contribution < 1.29 is 9.47 Å². The summed E-state index contributed by atoms with van der Waals surface area (Å²) in [5, 5.41) is 0. The molecule has 4 rings (SSSR count). The third-order valence-corrected chi connectivity index (χ3v) is 4.93. The molecular weight excluding hydrogens is 302 g/mol. The molecule has 3 heterocycles. The van der Waals surface area contributed by atoms with Crippen LogP contribution in [0.2, 0.25) is 0 Å². The number of rotatable bonds is 5. The number of hydrogen-bond acceptors (Lipinski definition) is 5. The minimum absolute atomic E-state index is 0.166. The predicted octanol–water partition coefficient (Wildman–Crippen LogP) is 2.43. The Hall–Kier alpha value is -1.82. The van der Waals surface area contributed by atoms with Crippen LogP contribution in [-0.2, 0) is 22.6 Å². The fourth-order valence-corrected chi connectivity index (χ4v) is 3.75. The van der Waals surface area contributed by atoms with Gasteiger partial charge in [0.2, 0.25) is 0 Å². The third kappa shape index (κ3) is 3.48. The van der Waals surface area contributed by atoms with Gasteiger partial charge in [0.05, 0.1) is 31.1 Å². The molecule has 2 fully saturated rings. The van der Waals surface area contributed by atoms with E-state index in [4.69, 9.17) is 9.47 Å². The lowest BCUT2D eigenvalue weighted by molar-refractivity contribution is -0.118. The summed E-state index contributed by atoms with van der Waals surface area (Å²) < 4.78 is 12.2. The predicted molar refractivity (Wildman–Crippen MR) is 90.2 cm³/mol. The van der Waals surface area contributed by atoms with Crippen molar-refractivity contribution >= 4 is 0 Å². The van der Waals surface area contributed by atoms with Crippen molar-refractivity contribution in [3.8, 4) is 0 Å². The zero-order chi connectivity index (χ0) is 16.2. The Bertz CT molecular complexity index is 638. The highest BCUT2D eigenvalue weighted by atomic mass is 16.5. The van der Waals surface area contributed by atoms with Crippen LogP contribution in [0.4, 0.5) is 0 Å². The van der Waals surface area contributed by atoms with Crippen molar-refractivity contribution in [2.75, 3.05) is 13.2 Å². The smallest absolute Gasteiger partial charge is 0.0992 e. The van der Waals surface area contributed by atoms with E-state index in [2.05, 4.69) is 33.1 Å². The zero-order valence-corrected chi connectivity index (χ0v) is 13.8. The van der Waals surface area contributed by atoms with Gasteiger partial charge in [0, 0.05) is 37.7 Å². The van der Waals surface area contributed by atoms with Crippen LogP contribution < -0.4 is 0 Å². The molecule has 2 aromatic rings. The van der Waals surface area contributed by atoms with Gasteiger partial charge in [-0.15, -0.1) is 0 Å². The monoisotopic (exact) mass is 325 g/mol. The van der Waals surface area contributed by atoms with Crippen molar-refractivity contribution in [2.24, 2.45) is 0 Å². The van der Waals surface area contributed by atoms with Gasteiger partial charge in [-0.2, -0.15) is 0 Å². The minimum atomic E-state index is 0.166. The number of nitrogens with zero attached hydrogens (tertiary/aromatic N) is 3. The Balaban J connectivity index is 1.37. The number of morpholine rings is 1. The maximum Gasteiger partial charge on any atom is 0.0992 e. The number of hydrogen-bond donors (Lipinski definition) is 0. The van der Waals surface area contributed by atoms with Crippen molar-refractivity contribution in [3.63, 3.8) is 0 Å². The standard InChI is InChI=1S/C19H23N3O2/c1-2-9-21-16(5-1)13-22-10-11-23-19-17(22)6-7-18(19)24-14-15-4-3-8-20-12-15/h1-5,8-9,12,17-19H,6-7,10-11,13-14H2/t17-,18-,19+/m1/s1. The molecule has 0 unspecified atom stereocenters. The molecule has 5 heteroatoms. The lowest BCUT2D eigenvalue weighted by atomic mass is 10.1. The van der Waals surface area contributed by atoms with Crippen LogP contribution in [0.1, 0.15) is 24.1 Å². The first-order valence-electron chi connectivity index (χ1n) is 8.66. The lowest BCUT2D eigenvalue weighted by Crippen LogP contribution is -2.51. The SMILES string of the molecule is c1ccc(CN2CCO[C@H]3[C@H]2CC[C@H]3OCc2cccnc2)nc1. The number of fused-ring (bicyclic) bond motifs is 1. The summed E-state index contributed by atoms with van der Waals surface area (Å²) in [4.78, 5) is 11.1. The normalized spacial score (nSPS) is 27.1. The molecule has 0 bridgehead atoms. The molecule has 0 spiro atoms. The van der Waals surface area contributed by atoms with Gasteiger partial charge in [0.15, 0.2) is 0 Å². The van der Waals surface area contributed by atoms with E-state index < -0.39 is 0 Å². The highest BCUT2D eigenvalue weighted by molar-refractivity contribution is 5.08. The van der Waals surface area contributed by atoms with Crippen LogP contribution in [0, 0.1) is 0 Å². The van der Waals surface area contributed by atoms with E-state index in [0.717, 1.165) is 43.8 Å². The minimum Gasteiger partial charge on any atom is -0.373 e. The molecule has 1 aliphatic heterocycles. The van der Waals surface area contributed by atoms with Gasteiger partial charge in [-0.3, -0.25) is 14.9 Å². The number of ether oxygens (including phenoxy) is 2. The number of pyridine rings is 2. The second-order valence-electron chi connectivity index (χ2n) is 6.48. The van der Waals surface area contributed by atoms with E-state index in [-0.39, 0.29) is 12.2 Å². The summed E-state index contributed by atoms with van der Waals surface area (Å²) in [5.41, 5.74) is 2.24. The highest BCUT2D eigenvalue weighted by Gasteiger charge is 2.43. The Morgan fingerprint density at radius 1 is 1.17 bits per heavy atom. The third-order valence-electron chi connectivity index (χ3n) is 4.93. The molecule has 0 radical (unpaired) electrons. The second-order valence-corrected chi connectivity index (χ2v) is 6.48. The Labute approximate surface area is 142 Å². The largest absolute Gasteiger partial charge is 0.373 e. The summed E-state index contributed by atoms with van der Waals surface area (Å²) in [6, 6.07) is 10.5. The Kier molecular flexibility index (Phi) is 4.83. The quantitative estimate of drug-likeness (QED) is 0.845. The number of aromatic nitrogens is 2. The van der Waals surface area contributed by atoms with Crippen molar-refractivity contribution in [3.05, 3.63) is 60.2 Å². The van der Waals surface area contributed by atoms with Crippen LogP contribution >= 0.6 is 0 Å². The molecule has 3 atom stereocenters. The van der Waals surface area contributed by atoms with Gasteiger partial charge in [0.25, 0.3) is 0 Å². The molecule has 5 nitrogen and oxygen atoms in total. The van der Waals surface area contributed by atoms with Gasteiger partial charge in [-0.05, 0) is 36.6 Å². The summed E-state index contributed by atoms with van der Waals surface area (Å²) in [5.74, 6) is 0. The van der Waals surface area contributed by atoms with E-state index in [9.17, 15) is 0 Å². The maximum atomic E-state index is 6.15. The summed E-state index contributed by atoms with van der Waals surface area (Å²) in [6.45, 7) is 3.22. The van der Waals surface area contributed by atoms with Gasteiger partial charge < -0.3 is 9.47 Å². The van der Waals surface area contributed by atoms with Crippen LogP contribution in [-0.4, -0.2) is 46.3 Å². The van der Waals surface area contributed by atoms with E-state index in [1.54, 1.807) is 6.20 Å². The van der Waals surface area contributed by atoms with Crippen LogP contribution in [0.3, 0.4) is 0 Å². The molecule has 24 heavy (non-hydrogen) atoms. The molecule has 2 aliphatic rings. The van der Waals surface area contributed by atoms with Gasteiger partial charge in [0.1, 0.15) is 0 Å². The van der Waals surface area contributed by atoms with E-state index in [1.165, 1.54) is 0 Å². The van der Waals surface area contributed by atoms with Gasteiger partial charge in [-0.25, -0.2) is 0 Å². The van der Waals surface area contributed by atoms with E-state index in [0.29, 0.717) is 12.6 Å². The molecule has 126 valence electrons. The molecule has 1 aliphatic carbocycles. The molecule has 2 aromatic heterocycles. The topological polar surface area (TPSA) is 47.5 Å². The van der Waals surface area contributed by atoms with Crippen LogP contribution in [0.25, 0.3) is 0 Å². The van der Waals surface area contributed by atoms with Crippen LogP contribution in [0.5, 0.6) is 0 Å². The molecular formula is C19H23N3O2. The summed E-state index contributed by atoms with van der Waals surface area (Å²) >= 11 is 0. The molecule has 1 saturated heterocycles. The Morgan fingerprint density at radius 2 is 2.17 bits per heavy atom. The average Bonchev–Trinajstić information content (AvgIpc) is 3.06. The van der Waals surface area contributed by atoms with Gasteiger partial charge >= 0.3 is 0 Å². The van der Waals surface area contributed by atoms with E-state index >= 15 is 0 Å². The first kappa shape index (κ1) is 15.7. The average molecular weight is 325 g/mol. The molecule has 0 amide bonds. The molecule has 1 saturated carbocycles. The van der Waals surface area contributed by atoms with Crippen molar-refractivity contribution in [1.82, 2.24) is 14.9 Å². The molecule has 0 N–H and O–H groups in total. The van der Waals surface area contributed by atoms with Crippen LogP contribution in [0.15, 0.2) is 48.9 Å². The maximum absolute atomic E-state index is 6.15. The summed E-state index contributed by atoms with van der Waals surface area (Å²) in [6.07, 6.45) is 8.02. The van der Waals surface area contributed by atoms with E-state index in [1.807, 2.05) is 24.5 Å². The second kappa shape index (κ2) is 7.38. The van der Waals surface area contributed by atoms with Crippen molar-refractivity contribution in [2.45, 2.75) is 44.2 Å². The first-order chi connectivity index (χ1) is 11.9. The lowest BCUT2D eigenvalue weighted by Gasteiger charge is -2.38. The Morgan fingerprint density at radius 3 is 3.00 bits per heavy atom. The first-order valence-corrected chi connectivity index (χ1v) is 8.66. The molecule has 0 aromatic carbocycles. The highest BCUT2D eigenvalue weighted by Crippen LogP contribution is 2.33.